The van der Waals surface area contributed by atoms with Crippen LogP contribution >= 0.6 is 24.0 Å². The van der Waals surface area contributed by atoms with E-state index in [1.165, 1.54) is 0 Å². The van der Waals surface area contributed by atoms with Gasteiger partial charge in [-0.1, -0.05) is 7.43 Å². The molecule has 0 spiro atoms. The van der Waals surface area contributed by atoms with Gasteiger partial charge >= 0.3 is 0 Å². The molecule has 0 aromatic heterocycles. The fraction of sp³-hybridized carbons (Fsp3) is 1.00. The van der Waals surface area contributed by atoms with Gasteiger partial charge in [0.05, 0.1) is 0 Å². The monoisotopic (exact) mass is 258 g/mol. The molecule has 1 nitrogen and oxygen atoms in total. The van der Waals surface area contributed by atoms with Gasteiger partial charge in [-0.3, -0.25) is 0 Å². The second-order valence-corrected chi connectivity index (χ2v) is 0. The SMILES string of the molecule is C.I.O.[B].[Rb]. The summed E-state index contributed by atoms with van der Waals surface area (Å²) in [4.78, 5) is 0. The van der Waals surface area contributed by atoms with E-state index in [-0.39, 0.29) is 103 Å². The Labute approximate surface area is 101 Å². The molecule has 28 valence electrons. The summed E-state index contributed by atoms with van der Waals surface area (Å²) in [5.41, 5.74) is 0. The van der Waals surface area contributed by atoms with Crippen LogP contribution in [-0.2, 0) is 0 Å². The van der Waals surface area contributed by atoms with E-state index < -0.39 is 0 Å². The van der Waals surface area contributed by atoms with Gasteiger partial charge in [-0.2, -0.15) is 0 Å². The van der Waals surface area contributed by atoms with Crippen molar-refractivity contribution in [2.24, 2.45) is 0 Å². The van der Waals surface area contributed by atoms with E-state index in [4.69, 9.17) is 0 Å². The molecule has 0 atom stereocenters. The Morgan fingerprint density at radius 2 is 1.00 bits per heavy atom. The molecule has 0 unspecified atom stereocenters. The molecule has 0 aromatic rings. The predicted octanol–water partition coefficient (Wildman–Crippen LogP) is -0.332. The smallest absolute Gasteiger partial charge is 0 e. The van der Waals surface area contributed by atoms with Gasteiger partial charge in [0.2, 0.25) is 0 Å². The molecule has 0 bridgehead atoms. The van der Waals surface area contributed by atoms with Crippen molar-refractivity contribution in [3.05, 3.63) is 0 Å². The van der Waals surface area contributed by atoms with Crippen molar-refractivity contribution < 1.29 is 5.48 Å². The maximum absolute atomic E-state index is 0. The summed E-state index contributed by atoms with van der Waals surface area (Å²) < 4.78 is 0. The van der Waals surface area contributed by atoms with Crippen molar-refractivity contribution in [3.8, 4) is 0 Å². The molecule has 0 saturated carbocycles. The fourth-order valence-corrected chi connectivity index (χ4v) is 0. The molecule has 2 N–H and O–H groups in total. The number of rotatable bonds is 0. The van der Waals surface area contributed by atoms with Crippen molar-refractivity contribution in [1.82, 2.24) is 0 Å². The standard InChI is InChI=1S/CH4.B.HI.H2O.Rb/h1H4;;1H;1H2;. The first-order valence-corrected chi connectivity index (χ1v) is 0. The van der Waals surface area contributed by atoms with Crippen LogP contribution in [0.3, 0.4) is 0 Å². The summed E-state index contributed by atoms with van der Waals surface area (Å²) in [7, 11) is 0. The number of halogens is 1. The molecular formula is CH7BIORb. The van der Waals surface area contributed by atoms with E-state index in [9.17, 15) is 0 Å². The minimum absolute atomic E-state index is 0. The van der Waals surface area contributed by atoms with Gasteiger partial charge in [-0.25, -0.2) is 0 Å². The zero-order chi connectivity index (χ0) is 0. The van der Waals surface area contributed by atoms with E-state index in [2.05, 4.69) is 0 Å². The molecule has 0 heterocycles. The van der Waals surface area contributed by atoms with Crippen LogP contribution in [0, 0.1) is 0 Å². The van der Waals surface area contributed by atoms with Gasteiger partial charge in [0.1, 0.15) is 0 Å². The Balaban J connectivity index is 0. The van der Waals surface area contributed by atoms with Crippen LogP contribution in [0.1, 0.15) is 7.43 Å². The first-order valence-electron chi connectivity index (χ1n) is 0. The molecule has 5 heavy (non-hydrogen) atoms. The fourth-order valence-electron chi connectivity index (χ4n) is 0. The second kappa shape index (κ2) is 30.9. The van der Waals surface area contributed by atoms with Crippen LogP contribution in [0.5, 0.6) is 0 Å². The first-order chi connectivity index (χ1) is 0. The van der Waals surface area contributed by atoms with Crippen molar-refractivity contribution >= 4 is 90.6 Å². The zero-order valence-electron chi connectivity index (χ0n) is 2.49. The molecule has 0 rings (SSSR count). The third-order valence-corrected chi connectivity index (χ3v) is 0. The maximum atomic E-state index is 0. The molecular weight excluding hydrogens is 251 g/mol. The Morgan fingerprint density at radius 1 is 1.00 bits per heavy atom. The van der Waals surface area contributed by atoms with Gasteiger partial charge in [0, 0.05) is 66.6 Å². The molecule has 4 radical (unpaired) electrons. The summed E-state index contributed by atoms with van der Waals surface area (Å²) in [6.07, 6.45) is 0. The molecule has 0 aliphatic carbocycles. The third-order valence-electron chi connectivity index (χ3n) is 0. The quantitative estimate of drug-likeness (QED) is 0.421. The topological polar surface area (TPSA) is 31.5 Å². The minimum Gasteiger partial charge on any atom is -0.412 e. The van der Waals surface area contributed by atoms with Crippen LogP contribution in [0.4, 0.5) is 0 Å². The summed E-state index contributed by atoms with van der Waals surface area (Å²) in [5, 5.41) is 0. The van der Waals surface area contributed by atoms with Gasteiger partial charge in [-0.15, -0.1) is 24.0 Å². The number of hydrogen-bond donors (Lipinski definition) is 0. The maximum Gasteiger partial charge on any atom is 0 e. The van der Waals surface area contributed by atoms with Gasteiger partial charge < -0.3 is 5.48 Å². The Kier molecular flexibility index (Phi) is 307. The van der Waals surface area contributed by atoms with E-state index in [0.29, 0.717) is 0 Å². The summed E-state index contributed by atoms with van der Waals surface area (Å²) in [5.74, 6) is 0. The van der Waals surface area contributed by atoms with Crippen LogP contribution in [0.2, 0.25) is 0 Å². The minimum atomic E-state index is 0. The van der Waals surface area contributed by atoms with E-state index in [1.807, 2.05) is 0 Å². The predicted molar refractivity (Wildman–Crippen MR) is 37.3 cm³/mol. The molecule has 0 aliphatic rings. The molecule has 0 fully saturated rings. The van der Waals surface area contributed by atoms with Crippen LogP contribution in [0.25, 0.3) is 0 Å². The molecule has 0 aliphatic heterocycles. The average Bonchev–Trinajstić information content (AvgIpc) is 0. The summed E-state index contributed by atoms with van der Waals surface area (Å²) >= 11 is 0. The first kappa shape index (κ1) is 49.6. The molecule has 0 aromatic carbocycles. The van der Waals surface area contributed by atoms with Crippen molar-refractivity contribution in [2.75, 3.05) is 0 Å². The van der Waals surface area contributed by atoms with Crippen LogP contribution in [-0.4, -0.2) is 72.1 Å². The van der Waals surface area contributed by atoms with Crippen LogP contribution < -0.4 is 0 Å². The third kappa shape index (κ3) is 20.8. The van der Waals surface area contributed by atoms with E-state index in [0.717, 1.165) is 0 Å². The normalized spacial score (nSPS) is 0. The largest absolute Gasteiger partial charge is 0.412 e. The van der Waals surface area contributed by atoms with Gasteiger partial charge in [0.15, 0.2) is 0 Å². The van der Waals surface area contributed by atoms with E-state index in [1.54, 1.807) is 0 Å². The molecule has 0 saturated heterocycles. The van der Waals surface area contributed by atoms with Gasteiger partial charge in [0.25, 0.3) is 0 Å². The van der Waals surface area contributed by atoms with Crippen LogP contribution in [0.15, 0.2) is 0 Å². The zero-order valence-corrected chi connectivity index (χ0v) is 9.73. The van der Waals surface area contributed by atoms with Crippen molar-refractivity contribution in [2.45, 2.75) is 7.43 Å². The molecule has 4 heteroatoms. The Hall–Kier alpha value is 2.56. The Morgan fingerprint density at radius 3 is 1.00 bits per heavy atom. The second-order valence-electron chi connectivity index (χ2n) is 0. The summed E-state index contributed by atoms with van der Waals surface area (Å²) in [6.45, 7) is 0. The molecule has 0 amide bonds. The van der Waals surface area contributed by atoms with E-state index >= 15 is 0 Å². The van der Waals surface area contributed by atoms with Gasteiger partial charge in [-0.05, 0) is 0 Å². The Bertz CT molecular complexity index is 11.6. The number of hydrogen-bond acceptors (Lipinski definition) is 0. The average molecular weight is 258 g/mol. The van der Waals surface area contributed by atoms with Crippen molar-refractivity contribution in [3.63, 3.8) is 0 Å². The summed E-state index contributed by atoms with van der Waals surface area (Å²) in [6, 6.07) is 0. The van der Waals surface area contributed by atoms with Crippen molar-refractivity contribution in [1.29, 1.82) is 0 Å².